The maximum atomic E-state index is 5.38. The van der Waals surface area contributed by atoms with Gasteiger partial charge >= 0.3 is 0 Å². The summed E-state index contributed by atoms with van der Waals surface area (Å²) in [6.45, 7) is 1.46. The van der Waals surface area contributed by atoms with E-state index in [2.05, 4.69) is 36.5 Å². The number of rotatable bonds is 6. The second kappa shape index (κ2) is 7.67. The standard InChI is InChI=1S/C16H19BrN4O3/c1-22-12-5-11(6-13(7-12)23-2)20-16-18-8-14(17)15(21-16)19-10-3-4-24-9-10/h5-8,10H,3-4,9H2,1-2H3,(H2,18,19,20,21)/t10-/m1/s1. The molecule has 24 heavy (non-hydrogen) atoms. The topological polar surface area (TPSA) is 77.5 Å². The summed E-state index contributed by atoms with van der Waals surface area (Å²) in [5.41, 5.74) is 0.781. The van der Waals surface area contributed by atoms with Crippen molar-refractivity contribution in [2.45, 2.75) is 12.5 Å². The quantitative estimate of drug-likeness (QED) is 0.778. The fraction of sp³-hybridized carbons (Fsp3) is 0.375. The third-order valence-corrected chi connectivity index (χ3v) is 4.20. The summed E-state index contributed by atoms with van der Waals surface area (Å²) in [6.07, 6.45) is 2.68. The molecule has 0 bridgehead atoms. The molecule has 1 atom stereocenters. The number of ether oxygens (including phenoxy) is 3. The highest BCUT2D eigenvalue weighted by molar-refractivity contribution is 9.10. The maximum absolute atomic E-state index is 5.38. The third kappa shape index (κ3) is 4.07. The van der Waals surface area contributed by atoms with Crippen molar-refractivity contribution in [3.63, 3.8) is 0 Å². The first-order valence-corrected chi connectivity index (χ1v) is 8.34. The number of nitrogens with zero attached hydrogens (tertiary/aromatic N) is 2. The molecule has 0 radical (unpaired) electrons. The normalized spacial score (nSPS) is 16.7. The Kier molecular flexibility index (Phi) is 5.37. The van der Waals surface area contributed by atoms with E-state index < -0.39 is 0 Å². The first-order valence-electron chi connectivity index (χ1n) is 7.55. The second-order valence-corrected chi connectivity index (χ2v) is 6.18. The Morgan fingerprint density at radius 2 is 1.96 bits per heavy atom. The number of hydrogen-bond donors (Lipinski definition) is 2. The number of hydrogen-bond acceptors (Lipinski definition) is 7. The van der Waals surface area contributed by atoms with Gasteiger partial charge in [0.25, 0.3) is 0 Å². The Hall–Kier alpha value is -2.06. The molecule has 1 saturated heterocycles. The summed E-state index contributed by atoms with van der Waals surface area (Å²) in [5.74, 6) is 2.60. The van der Waals surface area contributed by atoms with E-state index in [1.54, 1.807) is 26.5 Å². The molecule has 2 heterocycles. The molecule has 7 nitrogen and oxygen atoms in total. The van der Waals surface area contributed by atoms with E-state index in [9.17, 15) is 0 Å². The molecule has 1 aliphatic rings. The molecule has 1 aromatic heterocycles. The van der Waals surface area contributed by atoms with Gasteiger partial charge in [-0.1, -0.05) is 0 Å². The molecule has 2 aromatic rings. The van der Waals surface area contributed by atoms with E-state index >= 15 is 0 Å². The number of halogens is 1. The number of anilines is 3. The monoisotopic (exact) mass is 394 g/mol. The minimum atomic E-state index is 0.265. The van der Waals surface area contributed by atoms with Crippen LogP contribution in [-0.4, -0.2) is 43.4 Å². The first-order chi connectivity index (χ1) is 11.7. The summed E-state index contributed by atoms with van der Waals surface area (Å²) in [6, 6.07) is 5.78. The molecule has 3 rings (SSSR count). The summed E-state index contributed by atoms with van der Waals surface area (Å²) in [7, 11) is 3.22. The lowest BCUT2D eigenvalue weighted by Gasteiger charge is -2.14. The lowest BCUT2D eigenvalue weighted by molar-refractivity contribution is 0.195. The van der Waals surface area contributed by atoms with Crippen LogP contribution >= 0.6 is 15.9 Å². The largest absolute Gasteiger partial charge is 0.497 e. The van der Waals surface area contributed by atoms with Crippen LogP contribution in [0.2, 0.25) is 0 Å². The van der Waals surface area contributed by atoms with Crippen LogP contribution in [0.3, 0.4) is 0 Å². The molecular weight excluding hydrogens is 376 g/mol. The molecule has 2 N–H and O–H groups in total. The molecule has 1 fully saturated rings. The Morgan fingerprint density at radius 1 is 1.21 bits per heavy atom. The highest BCUT2D eigenvalue weighted by Crippen LogP contribution is 2.28. The van der Waals surface area contributed by atoms with Crippen LogP contribution in [-0.2, 0) is 4.74 Å². The minimum absolute atomic E-state index is 0.265. The minimum Gasteiger partial charge on any atom is -0.497 e. The number of nitrogens with one attached hydrogen (secondary N) is 2. The molecule has 0 amide bonds. The van der Waals surface area contributed by atoms with E-state index in [0.717, 1.165) is 29.0 Å². The van der Waals surface area contributed by atoms with Gasteiger partial charge in [-0.05, 0) is 22.4 Å². The predicted octanol–water partition coefficient (Wildman–Crippen LogP) is 3.20. The summed E-state index contributed by atoms with van der Waals surface area (Å²) in [4.78, 5) is 8.82. The van der Waals surface area contributed by atoms with Crippen molar-refractivity contribution in [3.8, 4) is 11.5 Å². The zero-order valence-corrected chi connectivity index (χ0v) is 15.1. The van der Waals surface area contributed by atoms with Gasteiger partial charge in [0, 0.05) is 36.7 Å². The van der Waals surface area contributed by atoms with Crippen molar-refractivity contribution in [2.75, 3.05) is 38.1 Å². The zero-order chi connectivity index (χ0) is 16.9. The molecular formula is C16H19BrN4O3. The third-order valence-electron chi connectivity index (χ3n) is 3.62. The van der Waals surface area contributed by atoms with E-state index in [-0.39, 0.29) is 6.04 Å². The smallest absolute Gasteiger partial charge is 0.229 e. The highest BCUT2D eigenvalue weighted by Gasteiger charge is 2.17. The van der Waals surface area contributed by atoms with Crippen molar-refractivity contribution in [1.82, 2.24) is 9.97 Å². The lowest BCUT2D eigenvalue weighted by atomic mass is 10.2. The molecule has 0 spiro atoms. The Bertz CT molecular complexity index is 685. The van der Waals surface area contributed by atoms with Gasteiger partial charge in [-0.3, -0.25) is 0 Å². The van der Waals surface area contributed by atoms with Gasteiger partial charge in [-0.25, -0.2) is 4.98 Å². The van der Waals surface area contributed by atoms with E-state index in [1.807, 2.05) is 12.1 Å². The molecule has 8 heteroatoms. The maximum Gasteiger partial charge on any atom is 0.229 e. The van der Waals surface area contributed by atoms with Gasteiger partial charge in [0.15, 0.2) is 0 Å². The van der Waals surface area contributed by atoms with Crippen LogP contribution in [0, 0.1) is 0 Å². The fourth-order valence-corrected chi connectivity index (χ4v) is 2.68. The van der Waals surface area contributed by atoms with Gasteiger partial charge in [-0.2, -0.15) is 4.98 Å². The van der Waals surface area contributed by atoms with Gasteiger partial charge in [0.2, 0.25) is 5.95 Å². The van der Waals surface area contributed by atoms with Crippen molar-refractivity contribution in [2.24, 2.45) is 0 Å². The van der Waals surface area contributed by atoms with Crippen LogP contribution in [0.5, 0.6) is 11.5 Å². The van der Waals surface area contributed by atoms with Crippen LogP contribution in [0.25, 0.3) is 0 Å². The van der Waals surface area contributed by atoms with Crippen molar-refractivity contribution < 1.29 is 14.2 Å². The van der Waals surface area contributed by atoms with Crippen molar-refractivity contribution >= 4 is 33.4 Å². The number of aromatic nitrogens is 2. The summed E-state index contributed by atoms with van der Waals surface area (Å²) >= 11 is 3.47. The van der Waals surface area contributed by atoms with Gasteiger partial charge in [-0.15, -0.1) is 0 Å². The fourth-order valence-electron chi connectivity index (χ4n) is 2.38. The van der Waals surface area contributed by atoms with Crippen LogP contribution < -0.4 is 20.1 Å². The Labute approximate surface area is 148 Å². The van der Waals surface area contributed by atoms with Gasteiger partial charge < -0.3 is 24.8 Å². The molecule has 1 aromatic carbocycles. The molecule has 0 saturated carbocycles. The van der Waals surface area contributed by atoms with Crippen LogP contribution in [0.15, 0.2) is 28.9 Å². The molecule has 0 aliphatic carbocycles. The van der Waals surface area contributed by atoms with Gasteiger partial charge in [0.1, 0.15) is 17.3 Å². The first kappa shape index (κ1) is 16.8. The van der Waals surface area contributed by atoms with E-state index in [0.29, 0.717) is 24.1 Å². The molecule has 0 unspecified atom stereocenters. The number of methoxy groups -OCH3 is 2. The molecule has 1 aliphatic heterocycles. The van der Waals surface area contributed by atoms with Crippen molar-refractivity contribution in [1.29, 1.82) is 0 Å². The average Bonchev–Trinajstić information content (AvgIpc) is 3.10. The Morgan fingerprint density at radius 3 is 2.58 bits per heavy atom. The lowest BCUT2D eigenvalue weighted by Crippen LogP contribution is -2.20. The highest BCUT2D eigenvalue weighted by atomic mass is 79.9. The van der Waals surface area contributed by atoms with Gasteiger partial charge in [0.05, 0.1) is 31.3 Å². The SMILES string of the molecule is COc1cc(Nc2ncc(Br)c(N[C@@H]3CCOC3)n2)cc(OC)c1. The Balaban J connectivity index is 1.79. The number of benzene rings is 1. The van der Waals surface area contributed by atoms with Crippen LogP contribution in [0.1, 0.15) is 6.42 Å². The second-order valence-electron chi connectivity index (χ2n) is 5.32. The zero-order valence-electron chi connectivity index (χ0n) is 13.5. The predicted molar refractivity (Wildman–Crippen MR) is 95.4 cm³/mol. The van der Waals surface area contributed by atoms with E-state index in [4.69, 9.17) is 14.2 Å². The summed E-state index contributed by atoms with van der Waals surface area (Å²) < 4.78 is 16.7. The molecule has 128 valence electrons. The van der Waals surface area contributed by atoms with E-state index in [1.165, 1.54) is 0 Å². The van der Waals surface area contributed by atoms with Crippen molar-refractivity contribution in [3.05, 3.63) is 28.9 Å². The average molecular weight is 395 g/mol. The summed E-state index contributed by atoms with van der Waals surface area (Å²) in [5, 5.41) is 6.54. The van der Waals surface area contributed by atoms with Crippen LogP contribution in [0.4, 0.5) is 17.5 Å².